The molecule has 0 bridgehead atoms. The standard InChI is InChI=1S/C23H23NO4S/c1-14-10-11-29-22(14)21(26)20(25)12-24-23(27)28-13-19-17-8-4-2-6-15(17)16-7-3-5-9-18(16)19/h2-11,19-21,25-26H,12-13H2,1H3,(H,24,27). The fourth-order valence-corrected chi connectivity index (χ4v) is 4.78. The molecular formula is C23H23NO4S. The number of amides is 1. The monoisotopic (exact) mass is 409 g/mol. The van der Waals surface area contributed by atoms with E-state index in [2.05, 4.69) is 29.6 Å². The predicted octanol–water partition coefficient (Wildman–Crippen LogP) is 3.99. The normalized spacial score (nSPS) is 14.7. The lowest BCUT2D eigenvalue weighted by Crippen LogP contribution is -2.36. The second kappa shape index (κ2) is 8.37. The third-order valence-corrected chi connectivity index (χ3v) is 6.42. The van der Waals surface area contributed by atoms with Gasteiger partial charge in [0.25, 0.3) is 0 Å². The number of aryl methyl sites for hydroxylation is 1. The van der Waals surface area contributed by atoms with Crippen molar-refractivity contribution in [3.05, 3.63) is 81.5 Å². The molecule has 1 amide bonds. The number of aliphatic hydroxyl groups excluding tert-OH is 2. The molecule has 0 saturated carbocycles. The largest absolute Gasteiger partial charge is 0.449 e. The molecule has 29 heavy (non-hydrogen) atoms. The Hall–Kier alpha value is -2.67. The van der Waals surface area contributed by atoms with Crippen molar-refractivity contribution >= 4 is 17.4 Å². The van der Waals surface area contributed by atoms with Crippen molar-refractivity contribution in [2.75, 3.05) is 13.2 Å². The Morgan fingerprint density at radius 2 is 1.69 bits per heavy atom. The molecule has 2 atom stereocenters. The number of benzene rings is 2. The molecule has 1 heterocycles. The van der Waals surface area contributed by atoms with Gasteiger partial charge in [0.2, 0.25) is 0 Å². The fourth-order valence-electron chi connectivity index (χ4n) is 3.81. The zero-order valence-electron chi connectivity index (χ0n) is 16.0. The van der Waals surface area contributed by atoms with Crippen LogP contribution >= 0.6 is 11.3 Å². The van der Waals surface area contributed by atoms with Crippen LogP contribution in [-0.4, -0.2) is 35.6 Å². The summed E-state index contributed by atoms with van der Waals surface area (Å²) in [6.45, 7) is 2.00. The average Bonchev–Trinajstić information content (AvgIpc) is 3.31. The molecule has 0 fully saturated rings. The van der Waals surface area contributed by atoms with Gasteiger partial charge in [-0.2, -0.15) is 0 Å². The number of hydrogen-bond acceptors (Lipinski definition) is 5. The molecular weight excluding hydrogens is 386 g/mol. The Balaban J connectivity index is 1.35. The average molecular weight is 410 g/mol. The highest BCUT2D eigenvalue weighted by molar-refractivity contribution is 7.10. The molecule has 4 rings (SSSR count). The number of carbonyl (C=O) groups excluding carboxylic acids is 1. The molecule has 2 unspecified atom stereocenters. The van der Waals surface area contributed by atoms with Gasteiger partial charge in [0, 0.05) is 17.3 Å². The summed E-state index contributed by atoms with van der Waals surface area (Å²) in [5.74, 6) is -0.0163. The summed E-state index contributed by atoms with van der Waals surface area (Å²) < 4.78 is 5.44. The van der Waals surface area contributed by atoms with Crippen molar-refractivity contribution in [1.82, 2.24) is 5.32 Å². The first-order valence-electron chi connectivity index (χ1n) is 9.55. The number of thiophene rings is 1. The zero-order chi connectivity index (χ0) is 20.4. The number of carbonyl (C=O) groups is 1. The maximum absolute atomic E-state index is 12.2. The number of rotatable bonds is 6. The fraction of sp³-hybridized carbons (Fsp3) is 0.261. The molecule has 150 valence electrons. The zero-order valence-corrected chi connectivity index (χ0v) is 16.9. The summed E-state index contributed by atoms with van der Waals surface area (Å²) in [6.07, 6.45) is -2.75. The quantitative estimate of drug-likeness (QED) is 0.575. The molecule has 3 aromatic rings. The molecule has 0 radical (unpaired) electrons. The van der Waals surface area contributed by atoms with Crippen LogP contribution in [-0.2, 0) is 4.74 Å². The van der Waals surface area contributed by atoms with Crippen LogP contribution in [0.2, 0.25) is 0 Å². The lowest BCUT2D eigenvalue weighted by Gasteiger charge is -2.19. The van der Waals surface area contributed by atoms with Crippen molar-refractivity contribution in [1.29, 1.82) is 0 Å². The number of hydrogen-bond donors (Lipinski definition) is 3. The third kappa shape index (κ3) is 3.92. The summed E-state index contributed by atoms with van der Waals surface area (Å²) in [6, 6.07) is 18.2. The van der Waals surface area contributed by atoms with E-state index in [0.29, 0.717) is 4.88 Å². The molecule has 1 aliphatic rings. The van der Waals surface area contributed by atoms with E-state index in [1.165, 1.54) is 22.5 Å². The number of nitrogens with one attached hydrogen (secondary N) is 1. The van der Waals surface area contributed by atoms with Crippen molar-refractivity contribution in [2.45, 2.75) is 25.0 Å². The molecule has 1 aliphatic carbocycles. The predicted molar refractivity (Wildman–Crippen MR) is 113 cm³/mol. The lowest BCUT2D eigenvalue weighted by atomic mass is 9.98. The maximum Gasteiger partial charge on any atom is 0.407 e. The smallest absolute Gasteiger partial charge is 0.407 e. The molecule has 2 aromatic carbocycles. The van der Waals surface area contributed by atoms with Crippen LogP contribution < -0.4 is 5.32 Å². The molecule has 1 aromatic heterocycles. The van der Waals surface area contributed by atoms with Gasteiger partial charge in [-0.25, -0.2) is 4.79 Å². The molecule has 6 heteroatoms. The van der Waals surface area contributed by atoms with E-state index < -0.39 is 18.3 Å². The first-order chi connectivity index (χ1) is 14.1. The summed E-state index contributed by atoms with van der Waals surface area (Å²) >= 11 is 1.38. The second-order valence-electron chi connectivity index (χ2n) is 7.19. The minimum Gasteiger partial charge on any atom is -0.449 e. The van der Waals surface area contributed by atoms with E-state index in [1.807, 2.05) is 42.6 Å². The molecule has 0 spiro atoms. The minimum atomic E-state index is -1.10. The first kappa shape index (κ1) is 19.6. The Morgan fingerprint density at radius 3 is 2.28 bits per heavy atom. The second-order valence-corrected chi connectivity index (χ2v) is 8.13. The van der Waals surface area contributed by atoms with Crippen LogP contribution in [0, 0.1) is 6.92 Å². The topological polar surface area (TPSA) is 78.8 Å². The van der Waals surface area contributed by atoms with Crippen molar-refractivity contribution in [3.63, 3.8) is 0 Å². The van der Waals surface area contributed by atoms with E-state index in [1.54, 1.807) is 0 Å². The van der Waals surface area contributed by atoms with Gasteiger partial charge in [-0.1, -0.05) is 48.5 Å². The summed E-state index contributed by atoms with van der Waals surface area (Å²) in [7, 11) is 0. The lowest BCUT2D eigenvalue weighted by molar-refractivity contribution is 0.0203. The summed E-state index contributed by atoms with van der Waals surface area (Å²) in [4.78, 5) is 12.9. The SMILES string of the molecule is Cc1ccsc1C(O)C(O)CNC(=O)OCC1c2ccccc2-c2ccccc21. The van der Waals surface area contributed by atoms with E-state index >= 15 is 0 Å². The van der Waals surface area contributed by atoms with E-state index in [-0.39, 0.29) is 19.1 Å². The highest BCUT2D eigenvalue weighted by Crippen LogP contribution is 2.44. The van der Waals surface area contributed by atoms with Crippen LogP contribution in [0.1, 0.15) is 33.6 Å². The molecule has 0 aliphatic heterocycles. The molecule has 0 saturated heterocycles. The summed E-state index contributed by atoms with van der Waals surface area (Å²) in [5, 5.41) is 24.9. The molecule has 3 N–H and O–H groups in total. The van der Waals surface area contributed by atoms with Gasteiger partial charge < -0.3 is 20.3 Å². The Bertz CT molecular complexity index is 970. The highest BCUT2D eigenvalue weighted by Gasteiger charge is 2.29. The van der Waals surface area contributed by atoms with Gasteiger partial charge in [-0.15, -0.1) is 11.3 Å². The number of aliphatic hydroxyl groups is 2. The van der Waals surface area contributed by atoms with Crippen molar-refractivity contribution in [3.8, 4) is 11.1 Å². The van der Waals surface area contributed by atoms with Crippen molar-refractivity contribution in [2.24, 2.45) is 0 Å². The highest BCUT2D eigenvalue weighted by atomic mass is 32.1. The van der Waals surface area contributed by atoms with Crippen molar-refractivity contribution < 1.29 is 19.7 Å². The van der Waals surface area contributed by atoms with Crippen LogP contribution in [0.15, 0.2) is 60.0 Å². The van der Waals surface area contributed by atoms with Gasteiger partial charge in [0.15, 0.2) is 0 Å². The van der Waals surface area contributed by atoms with Crippen LogP contribution in [0.5, 0.6) is 0 Å². The summed E-state index contributed by atoms with van der Waals surface area (Å²) in [5.41, 5.74) is 5.54. The maximum atomic E-state index is 12.2. The Labute approximate surface area is 173 Å². The van der Waals surface area contributed by atoms with Crippen LogP contribution in [0.3, 0.4) is 0 Å². The Kier molecular flexibility index (Phi) is 5.67. The van der Waals surface area contributed by atoms with Crippen LogP contribution in [0.25, 0.3) is 11.1 Å². The molecule has 5 nitrogen and oxygen atoms in total. The van der Waals surface area contributed by atoms with Gasteiger partial charge in [-0.3, -0.25) is 0 Å². The minimum absolute atomic E-state index is 0.0163. The van der Waals surface area contributed by atoms with Gasteiger partial charge >= 0.3 is 6.09 Å². The van der Waals surface area contributed by atoms with Gasteiger partial charge in [-0.05, 0) is 46.2 Å². The number of ether oxygens (including phenoxy) is 1. The van der Waals surface area contributed by atoms with E-state index in [9.17, 15) is 15.0 Å². The Morgan fingerprint density at radius 1 is 1.07 bits per heavy atom. The number of alkyl carbamates (subject to hydrolysis) is 1. The first-order valence-corrected chi connectivity index (χ1v) is 10.4. The van der Waals surface area contributed by atoms with Gasteiger partial charge in [0.1, 0.15) is 18.8 Å². The number of fused-ring (bicyclic) bond motifs is 3. The van der Waals surface area contributed by atoms with Crippen LogP contribution in [0.4, 0.5) is 4.79 Å². The van der Waals surface area contributed by atoms with E-state index in [4.69, 9.17) is 4.74 Å². The van der Waals surface area contributed by atoms with E-state index in [0.717, 1.165) is 16.7 Å². The third-order valence-electron chi connectivity index (χ3n) is 5.33. The van der Waals surface area contributed by atoms with Gasteiger partial charge in [0.05, 0.1) is 0 Å².